The number of benzene rings is 2. The molecule has 0 bridgehead atoms. The van der Waals surface area contributed by atoms with E-state index in [0.717, 1.165) is 0 Å². The van der Waals surface area contributed by atoms with Crippen molar-refractivity contribution < 1.29 is 14.0 Å². The fourth-order valence-electron chi connectivity index (χ4n) is 3.65. The van der Waals surface area contributed by atoms with Crippen LogP contribution in [0.3, 0.4) is 0 Å². The predicted molar refractivity (Wildman–Crippen MR) is 117 cm³/mol. The van der Waals surface area contributed by atoms with Crippen molar-refractivity contribution in [1.82, 2.24) is 14.9 Å². The van der Waals surface area contributed by atoms with Crippen LogP contribution >= 0.6 is 11.6 Å². The topological polar surface area (TPSA) is 88.1 Å². The molecular formula is C22H21ClFN5O2. The summed E-state index contributed by atoms with van der Waals surface area (Å²) in [6.45, 7) is 2.52. The molecule has 1 aliphatic heterocycles. The van der Waals surface area contributed by atoms with Crippen LogP contribution in [0.5, 0.6) is 0 Å². The SMILES string of the molecule is Cc1nccn1-c1ccc(NC(=O)[C@H]2CNC[C@@H]2C(=O)Nc2ccc(Cl)cc2)cc1F. The van der Waals surface area contributed by atoms with Gasteiger partial charge in [-0.1, -0.05) is 11.6 Å². The highest BCUT2D eigenvalue weighted by atomic mass is 35.5. The minimum absolute atomic E-state index is 0.260. The summed E-state index contributed by atoms with van der Waals surface area (Å²) in [6, 6.07) is 11.2. The maximum Gasteiger partial charge on any atom is 0.229 e. The molecule has 2 amide bonds. The summed E-state index contributed by atoms with van der Waals surface area (Å²) in [5.41, 5.74) is 1.27. The molecule has 1 saturated heterocycles. The average molecular weight is 442 g/mol. The van der Waals surface area contributed by atoms with Gasteiger partial charge in [0.15, 0.2) is 0 Å². The number of imidazole rings is 1. The van der Waals surface area contributed by atoms with Crippen molar-refractivity contribution in [3.05, 3.63) is 71.5 Å². The summed E-state index contributed by atoms with van der Waals surface area (Å²) in [5.74, 6) is -1.56. The number of nitrogens with one attached hydrogen (secondary N) is 3. The molecule has 0 saturated carbocycles. The molecule has 0 radical (unpaired) electrons. The van der Waals surface area contributed by atoms with Crippen molar-refractivity contribution >= 4 is 34.8 Å². The van der Waals surface area contributed by atoms with Gasteiger partial charge in [0.05, 0.1) is 17.5 Å². The molecule has 1 fully saturated rings. The van der Waals surface area contributed by atoms with Crippen LogP contribution in [0.2, 0.25) is 5.02 Å². The second-order valence-electron chi connectivity index (χ2n) is 7.37. The van der Waals surface area contributed by atoms with Gasteiger partial charge in [0, 0.05) is 41.9 Å². The lowest BCUT2D eigenvalue weighted by molar-refractivity contribution is -0.127. The molecule has 3 aromatic rings. The van der Waals surface area contributed by atoms with Crippen molar-refractivity contribution in [2.45, 2.75) is 6.92 Å². The van der Waals surface area contributed by atoms with Crippen molar-refractivity contribution in [3.8, 4) is 5.69 Å². The van der Waals surface area contributed by atoms with E-state index in [1.807, 2.05) is 0 Å². The van der Waals surface area contributed by atoms with Crippen LogP contribution in [0.15, 0.2) is 54.9 Å². The highest BCUT2D eigenvalue weighted by molar-refractivity contribution is 6.30. The zero-order chi connectivity index (χ0) is 22.0. The fraction of sp³-hybridized carbons (Fsp3) is 0.227. The van der Waals surface area contributed by atoms with Crippen molar-refractivity contribution in [2.75, 3.05) is 23.7 Å². The van der Waals surface area contributed by atoms with E-state index in [0.29, 0.717) is 41.0 Å². The van der Waals surface area contributed by atoms with E-state index >= 15 is 0 Å². The second kappa shape index (κ2) is 8.87. The van der Waals surface area contributed by atoms with Gasteiger partial charge in [-0.3, -0.25) is 9.59 Å². The summed E-state index contributed by atoms with van der Waals surface area (Å²) in [5, 5.41) is 9.19. The van der Waals surface area contributed by atoms with Crippen molar-refractivity contribution in [3.63, 3.8) is 0 Å². The normalized spacial score (nSPS) is 18.0. The quantitative estimate of drug-likeness (QED) is 0.566. The predicted octanol–water partition coefficient (Wildman–Crippen LogP) is 3.39. The number of halogens is 2. The molecule has 1 aromatic heterocycles. The molecule has 0 unspecified atom stereocenters. The van der Waals surface area contributed by atoms with Gasteiger partial charge in [0.1, 0.15) is 11.6 Å². The Labute approximate surface area is 183 Å². The number of anilines is 2. The summed E-state index contributed by atoms with van der Waals surface area (Å²) in [4.78, 5) is 29.6. The molecule has 2 heterocycles. The molecule has 2 atom stereocenters. The molecule has 7 nitrogen and oxygen atoms in total. The molecule has 4 rings (SSSR count). The average Bonchev–Trinajstić information content (AvgIpc) is 3.39. The number of carbonyl (C=O) groups excluding carboxylic acids is 2. The first kappa shape index (κ1) is 21.0. The summed E-state index contributed by atoms with van der Waals surface area (Å²) in [6.07, 6.45) is 3.26. The first-order valence-electron chi connectivity index (χ1n) is 9.80. The third-order valence-electron chi connectivity index (χ3n) is 5.30. The molecule has 9 heteroatoms. The van der Waals surface area contributed by atoms with Gasteiger partial charge < -0.3 is 20.5 Å². The van der Waals surface area contributed by atoms with Crippen LogP contribution in [0, 0.1) is 24.6 Å². The van der Waals surface area contributed by atoms with E-state index in [2.05, 4.69) is 20.9 Å². The molecular weight excluding hydrogens is 421 g/mol. The fourth-order valence-corrected chi connectivity index (χ4v) is 3.77. The molecule has 160 valence electrons. The van der Waals surface area contributed by atoms with E-state index < -0.39 is 17.7 Å². The van der Waals surface area contributed by atoms with Crippen LogP contribution in [0.4, 0.5) is 15.8 Å². The standard InChI is InChI=1S/C22H21ClFN5O2/c1-13-26-8-9-29(13)20-7-6-16(10-19(20)24)28-22(31)18-12-25-11-17(18)21(30)27-15-4-2-14(23)3-5-15/h2-10,17-18,25H,11-12H2,1H3,(H,27,30)(H,28,31)/t17-,18-/m0/s1. The van der Waals surface area contributed by atoms with E-state index in [1.165, 1.54) is 6.07 Å². The van der Waals surface area contributed by atoms with Gasteiger partial charge in [0.25, 0.3) is 0 Å². The Morgan fingerprint density at radius 2 is 1.68 bits per heavy atom. The minimum Gasteiger partial charge on any atom is -0.326 e. The number of carbonyl (C=O) groups is 2. The van der Waals surface area contributed by atoms with Crippen molar-refractivity contribution in [2.24, 2.45) is 11.8 Å². The van der Waals surface area contributed by atoms with Crippen LogP contribution in [0.25, 0.3) is 5.69 Å². The van der Waals surface area contributed by atoms with Crippen molar-refractivity contribution in [1.29, 1.82) is 0 Å². The van der Waals surface area contributed by atoms with E-state index in [-0.39, 0.29) is 11.8 Å². The van der Waals surface area contributed by atoms with Gasteiger partial charge in [-0.2, -0.15) is 0 Å². The molecule has 0 spiro atoms. The Kier molecular flexibility index (Phi) is 6.01. The molecule has 2 aromatic carbocycles. The Balaban J connectivity index is 1.44. The minimum atomic E-state index is -0.578. The number of nitrogens with zero attached hydrogens (tertiary/aromatic N) is 2. The lowest BCUT2D eigenvalue weighted by Crippen LogP contribution is -2.35. The highest BCUT2D eigenvalue weighted by Gasteiger charge is 2.37. The Morgan fingerprint density at radius 1 is 1.06 bits per heavy atom. The van der Waals surface area contributed by atoms with Crippen LogP contribution in [-0.2, 0) is 9.59 Å². The van der Waals surface area contributed by atoms with Gasteiger partial charge in [-0.05, 0) is 49.4 Å². The number of aromatic nitrogens is 2. The lowest BCUT2D eigenvalue weighted by Gasteiger charge is -2.18. The Bertz CT molecular complexity index is 1120. The van der Waals surface area contributed by atoms with Gasteiger partial charge in [0.2, 0.25) is 11.8 Å². The van der Waals surface area contributed by atoms with Crippen LogP contribution < -0.4 is 16.0 Å². The summed E-state index contributed by atoms with van der Waals surface area (Å²) >= 11 is 5.87. The third-order valence-corrected chi connectivity index (χ3v) is 5.55. The summed E-state index contributed by atoms with van der Waals surface area (Å²) in [7, 11) is 0. The van der Waals surface area contributed by atoms with E-state index in [4.69, 9.17) is 11.6 Å². The van der Waals surface area contributed by atoms with Crippen LogP contribution in [-0.4, -0.2) is 34.5 Å². The highest BCUT2D eigenvalue weighted by Crippen LogP contribution is 2.24. The zero-order valence-corrected chi connectivity index (χ0v) is 17.5. The molecule has 31 heavy (non-hydrogen) atoms. The third kappa shape index (κ3) is 4.60. The lowest BCUT2D eigenvalue weighted by atomic mass is 9.94. The maximum atomic E-state index is 14.6. The number of hydrogen-bond acceptors (Lipinski definition) is 4. The number of hydrogen-bond donors (Lipinski definition) is 3. The molecule has 3 N–H and O–H groups in total. The van der Waals surface area contributed by atoms with Crippen LogP contribution in [0.1, 0.15) is 5.82 Å². The van der Waals surface area contributed by atoms with Gasteiger partial charge in [-0.25, -0.2) is 9.37 Å². The Morgan fingerprint density at radius 3 is 2.26 bits per heavy atom. The van der Waals surface area contributed by atoms with Gasteiger partial charge >= 0.3 is 0 Å². The maximum absolute atomic E-state index is 14.6. The van der Waals surface area contributed by atoms with Gasteiger partial charge in [-0.15, -0.1) is 0 Å². The van der Waals surface area contributed by atoms with E-state index in [9.17, 15) is 14.0 Å². The first-order chi connectivity index (χ1) is 14.9. The number of aryl methyl sites for hydroxylation is 1. The molecule has 0 aliphatic carbocycles. The first-order valence-corrected chi connectivity index (χ1v) is 10.2. The monoisotopic (exact) mass is 441 g/mol. The molecule has 1 aliphatic rings. The second-order valence-corrected chi connectivity index (χ2v) is 7.80. The largest absolute Gasteiger partial charge is 0.326 e. The number of amides is 2. The van der Waals surface area contributed by atoms with E-state index in [1.54, 1.807) is 60.3 Å². The zero-order valence-electron chi connectivity index (χ0n) is 16.7. The smallest absolute Gasteiger partial charge is 0.229 e. The number of rotatable bonds is 5. The Hall–Kier alpha value is -3.23. The summed E-state index contributed by atoms with van der Waals surface area (Å²) < 4.78 is 16.2.